The van der Waals surface area contributed by atoms with Crippen molar-refractivity contribution in [1.82, 2.24) is 5.32 Å². The molecule has 0 spiro atoms. The van der Waals surface area contributed by atoms with Gasteiger partial charge in [-0.2, -0.15) is 0 Å². The van der Waals surface area contributed by atoms with Gasteiger partial charge in [0.25, 0.3) is 0 Å². The van der Waals surface area contributed by atoms with Crippen molar-refractivity contribution in [3.63, 3.8) is 0 Å². The summed E-state index contributed by atoms with van der Waals surface area (Å²) < 4.78 is 5.24. The molecular formula is C14H23N3O3. The van der Waals surface area contributed by atoms with Crippen molar-refractivity contribution in [2.45, 2.75) is 20.4 Å². The molecule has 0 atom stereocenters. The number of aliphatic hydroxyl groups excluding tert-OH is 1. The molecule has 0 aliphatic heterocycles. The smallest absolute Gasteiger partial charge is 0.173 e. The van der Waals surface area contributed by atoms with Gasteiger partial charge in [-0.05, 0) is 17.7 Å². The molecule has 0 saturated heterocycles. The van der Waals surface area contributed by atoms with Crippen LogP contribution in [0.5, 0.6) is 5.75 Å². The van der Waals surface area contributed by atoms with E-state index < -0.39 is 0 Å². The van der Waals surface area contributed by atoms with E-state index in [1.807, 2.05) is 26.0 Å². The summed E-state index contributed by atoms with van der Waals surface area (Å²) >= 11 is 0. The number of oxime groups is 1. The fourth-order valence-electron chi connectivity index (χ4n) is 1.71. The molecule has 0 fully saturated rings. The first-order valence-electron chi connectivity index (χ1n) is 6.40. The van der Waals surface area contributed by atoms with E-state index in [4.69, 9.17) is 15.7 Å². The first-order chi connectivity index (χ1) is 9.43. The predicted molar refractivity (Wildman–Crippen MR) is 78.1 cm³/mol. The van der Waals surface area contributed by atoms with Gasteiger partial charge in [0.05, 0.1) is 12.7 Å². The molecule has 0 amide bonds. The van der Waals surface area contributed by atoms with Gasteiger partial charge < -0.3 is 26.1 Å². The van der Waals surface area contributed by atoms with Gasteiger partial charge in [-0.25, -0.2) is 0 Å². The number of nitrogens with one attached hydrogen (secondary N) is 1. The quantitative estimate of drug-likeness (QED) is 0.257. The van der Waals surface area contributed by atoms with Crippen LogP contribution < -0.4 is 15.8 Å². The lowest BCUT2D eigenvalue weighted by molar-refractivity contribution is 0.156. The first-order valence-corrected chi connectivity index (χ1v) is 6.40. The summed E-state index contributed by atoms with van der Waals surface area (Å²) in [5, 5.41) is 24.1. The zero-order chi connectivity index (χ0) is 15.2. The van der Waals surface area contributed by atoms with E-state index >= 15 is 0 Å². The minimum atomic E-state index is -0.155. The van der Waals surface area contributed by atoms with E-state index in [0.717, 1.165) is 5.56 Å². The molecule has 6 heteroatoms. The van der Waals surface area contributed by atoms with Gasteiger partial charge in [-0.15, -0.1) is 0 Å². The van der Waals surface area contributed by atoms with Crippen molar-refractivity contribution in [2.75, 3.05) is 20.3 Å². The summed E-state index contributed by atoms with van der Waals surface area (Å²) in [7, 11) is 1.54. The monoisotopic (exact) mass is 281 g/mol. The lowest BCUT2D eigenvalue weighted by atomic mass is 9.95. The topological polar surface area (TPSA) is 100 Å². The second-order valence-corrected chi connectivity index (χ2v) is 5.45. The van der Waals surface area contributed by atoms with Gasteiger partial charge in [0.1, 0.15) is 5.75 Å². The van der Waals surface area contributed by atoms with E-state index in [0.29, 0.717) is 24.4 Å². The second-order valence-electron chi connectivity index (χ2n) is 5.45. The maximum Gasteiger partial charge on any atom is 0.173 e. The van der Waals surface area contributed by atoms with Crippen LogP contribution in [0.25, 0.3) is 0 Å². The van der Waals surface area contributed by atoms with Crippen LogP contribution in [0.1, 0.15) is 25.0 Å². The largest absolute Gasteiger partial charge is 0.496 e. The lowest BCUT2D eigenvalue weighted by Crippen LogP contribution is -2.31. The number of hydrogen-bond acceptors (Lipinski definition) is 5. The third-order valence-electron chi connectivity index (χ3n) is 3.01. The zero-order valence-corrected chi connectivity index (χ0v) is 12.2. The molecule has 5 N–H and O–H groups in total. The van der Waals surface area contributed by atoms with E-state index in [2.05, 4.69) is 10.5 Å². The maximum atomic E-state index is 9.19. The minimum Gasteiger partial charge on any atom is -0.496 e. The standard InChI is InChI=1S/C14H23N3O3/c1-14(2,9-18)8-16-7-10-4-5-11(13(15)17-19)12(6-10)20-3/h4-6,16,18-19H,7-9H2,1-3H3,(H2,15,17). The van der Waals surface area contributed by atoms with Crippen molar-refractivity contribution in [1.29, 1.82) is 0 Å². The number of ether oxygens (including phenoxy) is 1. The Hall–Kier alpha value is -1.79. The number of hydrogen-bond donors (Lipinski definition) is 4. The summed E-state index contributed by atoms with van der Waals surface area (Å²) in [4.78, 5) is 0. The summed E-state index contributed by atoms with van der Waals surface area (Å²) in [6.45, 7) is 5.46. The third-order valence-corrected chi connectivity index (χ3v) is 3.01. The summed E-state index contributed by atoms with van der Waals surface area (Å²) in [5.41, 5.74) is 6.99. The Bertz CT molecular complexity index is 473. The van der Waals surface area contributed by atoms with E-state index in [9.17, 15) is 5.11 Å². The molecule has 20 heavy (non-hydrogen) atoms. The average Bonchev–Trinajstić information content (AvgIpc) is 2.46. The van der Waals surface area contributed by atoms with Crippen molar-refractivity contribution >= 4 is 5.84 Å². The van der Waals surface area contributed by atoms with E-state index in [-0.39, 0.29) is 17.9 Å². The zero-order valence-electron chi connectivity index (χ0n) is 12.2. The number of benzene rings is 1. The molecule has 0 aromatic heterocycles. The Balaban J connectivity index is 2.74. The number of amidine groups is 1. The van der Waals surface area contributed by atoms with Gasteiger partial charge in [0.15, 0.2) is 5.84 Å². The van der Waals surface area contributed by atoms with Gasteiger partial charge in [-0.1, -0.05) is 25.1 Å². The molecule has 1 rings (SSSR count). The highest BCUT2D eigenvalue weighted by Gasteiger charge is 2.15. The molecule has 0 aliphatic carbocycles. The Morgan fingerprint density at radius 3 is 2.70 bits per heavy atom. The van der Waals surface area contributed by atoms with Crippen LogP contribution >= 0.6 is 0 Å². The molecule has 1 aromatic carbocycles. The summed E-state index contributed by atoms with van der Waals surface area (Å²) in [5.74, 6) is 0.573. The van der Waals surface area contributed by atoms with Crippen LogP contribution in [0.3, 0.4) is 0 Å². The van der Waals surface area contributed by atoms with Gasteiger partial charge >= 0.3 is 0 Å². The number of nitrogens with zero attached hydrogens (tertiary/aromatic N) is 1. The third kappa shape index (κ3) is 4.40. The summed E-state index contributed by atoms with van der Waals surface area (Å²) in [6.07, 6.45) is 0. The van der Waals surface area contributed by atoms with Crippen molar-refractivity contribution in [3.8, 4) is 5.75 Å². The maximum absolute atomic E-state index is 9.19. The molecule has 0 radical (unpaired) electrons. The molecule has 0 saturated carbocycles. The highest BCUT2D eigenvalue weighted by atomic mass is 16.5. The molecule has 0 aliphatic rings. The fourth-order valence-corrected chi connectivity index (χ4v) is 1.71. The minimum absolute atomic E-state index is 0.0165. The van der Waals surface area contributed by atoms with Crippen LogP contribution in [0.4, 0.5) is 0 Å². The van der Waals surface area contributed by atoms with Crippen LogP contribution in [-0.2, 0) is 6.54 Å². The van der Waals surface area contributed by atoms with E-state index in [1.165, 1.54) is 7.11 Å². The van der Waals surface area contributed by atoms with Gasteiger partial charge in [0, 0.05) is 25.1 Å². The van der Waals surface area contributed by atoms with E-state index in [1.54, 1.807) is 6.07 Å². The number of rotatable bonds is 7. The second kappa shape index (κ2) is 7.12. The Morgan fingerprint density at radius 1 is 1.45 bits per heavy atom. The SMILES string of the molecule is COc1cc(CNCC(C)(C)CO)ccc1/C(N)=N/O. The molecule has 0 unspecified atom stereocenters. The molecular weight excluding hydrogens is 258 g/mol. The molecule has 6 nitrogen and oxygen atoms in total. The molecule has 0 bridgehead atoms. The highest BCUT2D eigenvalue weighted by Crippen LogP contribution is 2.20. The average molecular weight is 281 g/mol. The van der Waals surface area contributed by atoms with Crippen molar-refractivity contribution in [2.24, 2.45) is 16.3 Å². The van der Waals surface area contributed by atoms with Gasteiger partial charge in [0.2, 0.25) is 0 Å². The van der Waals surface area contributed by atoms with Crippen LogP contribution in [0, 0.1) is 5.41 Å². The van der Waals surface area contributed by atoms with Gasteiger partial charge in [-0.3, -0.25) is 0 Å². The predicted octanol–water partition coefficient (Wildman–Crippen LogP) is 0.898. The number of methoxy groups -OCH3 is 1. The first kappa shape index (κ1) is 16.3. The van der Waals surface area contributed by atoms with Crippen LogP contribution in [-0.4, -0.2) is 36.4 Å². The fraction of sp³-hybridized carbons (Fsp3) is 0.500. The van der Waals surface area contributed by atoms with Crippen LogP contribution in [0.15, 0.2) is 23.4 Å². The van der Waals surface area contributed by atoms with Crippen molar-refractivity contribution in [3.05, 3.63) is 29.3 Å². The highest BCUT2D eigenvalue weighted by molar-refractivity contribution is 5.99. The Kier molecular flexibility index (Phi) is 5.79. The Labute approximate surface area is 119 Å². The number of aliphatic hydroxyl groups is 1. The van der Waals surface area contributed by atoms with Crippen LogP contribution in [0.2, 0.25) is 0 Å². The molecule has 112 valence electrons. The van der Waals surface area contributed by atoms with Crippen molar-refractivity contribution < 1.29 is 15.1 Å². The molecule has 1 aromatic rings. The summed E-state index contributed by atoms with van der Waals surface area (Å²) in [6, 6.07) is 5.48. The number of nitrogens with two attached hydrogens (primary N) is 1. The molecule has 0 heterocycles. The lowest BCUT2D eigenvalue weighted by Gasteiger charge is -2.22. The normalized spacial score (nSPS) is 12.5. The Morgan fingerprint density at radius 2 is 2.15 bits per heavy atom.